The number of likely N-dealkylation sites (N-methyl/N-ethyl adjacent to an activating group) is 1. The number of carboxylic acids is 1. The Balaban J connectivity index is 2.15. The second kappa shape index (κ2) is 11.3. The van der Waals surface area contributed by atoms with Gasteiger partial charge < -0.3 is 14.9 Å². The number of amidine groups is 1. The Kier molecular flexibility index (Phi) is 9.12. The zero-order chi connectivity index (χ0) is 22.3. The van der Waals surface area contributed by atoms with Crippen molar-refractivity contribution in [3.05, 3.63) is 23.3 Å². The van der Waals surface area contributed by atoms with Crippen LogP contribution in [-0.2, 0) is 9.59 Å². The molecule has 0 aromatic heterocycles. The summed E-state index contributed by atoms with van der Waals surface area (Å²) in [7, 11) is 3.57. The van der Waals surface area contributed by atoms with E-state index in [0.29, 0.717) is 36.1 Å². The van der Waals surface area contributed by atoms with Gasteiger partial charge in [0.1, 0.15) is 0 Å². The number of carbonyl (C=O) groups excluding carboxylic acids is 1. The molecule has 1 N–H and O–H groups in total. The Bertz CT molecular complexity index is 700. The zero-order valence-electron chi connectivity index (χ0n) is 19.4. The average Bonchev–Trinajstić information content (AvgIpc) is 2.75. The lowest BCUT2D eigenvalue weighted by molar-refractivity contribution is -0.133. The summed E-state index contributed by atoms with van der Waals surface area (Å²) < 4.78 is 0. The van der Waals surface area contributed by atoms with Crippen molar-refractivity contribution in [3.63, 3.8) is 0 Å². The number of carbonyl (C=O) groups is 2. The van der Waals surface area contributed by atoms with Crippen LogP contribution < -0.4 is 0 Å². The number of nitrogens with zero attached hydrogens (tertiary/aromatic N) is 3. The van der Waals surface area contributed by atoms with Gasteiger partial charge >= 0.3 is 5.97 Å². The molecule has 2 aliphatic rings. The molecule has 0 bridgehead atoms. The van der Waals surface area contributed by atoms with Crippen LogP contribution in [0.5, 0.6) is 0 Å². The molecule has 30 heavy (non-hydrogen) atoms. The van der Waals surface area contributed by atoms with Gasteiger partial charge in [-0.2, -0.15) is 0 Å². The van der Waals surface area contributed by atoms with Crippen LogP contribution in [0.3, 0.4) is 0 Å². The first-order valence-corrected chi connectivity index (χ1v) is 11.4. The highest BCUT2D eigenvalue weighted by Gasteiger charge is 2.32. The van der Waals surface area contributed by atoms with E-state index in [1.165, 1.54) is 0 Å². The Morgan fingerprint density at radius 2 is 1.90 bits per heavy atom. The molecular weight excluding hydrogens is 378 g/mol. The van der Waals surface area contributed by atoms with Crippen LogP contribution in [-0.4, -0.2) is 65.8 Å². The Morgan fingerprint density at radius 3 is 2.37 bits per heavy atom. The third-order valence-electron chi connectivity index (χ3n) is 6.69. The molecule has 168 valence electrons. The van der Waals surface area contributed by atoms with E-state index in [1.807, 2.05) is 18.0 Å². The highest BCUT2D eigenvalue weighted by atomic mass is 16.4. The number of piperidine rings is 1. The number of hydrogen-bond donors (Lipinski definition) is 1. The highest BCUT2D eigenvalue weighted by molar-refractivity contribution is 6.37. The van der Waals surface area contributed by atoms with E-state index in [9.17, 15) is 14.7 Å². The van der Waals surface area contributed by atoms with Gasteiger partial charge in [0.2, 0.25) is 0 Å². The van der Waals surface area contributed by atoms with E-state index in [1.54, 1.807) is 13.1 Å². The molecule has 1 heterocycles. The second-order valence-corrected chi connectivity index (χ2v) is 8.93. The smallest absolute Gasteiger partial charge is 0.331 e. The standard InChI is InChI=1S/C24H39N3O3/c1-6-7-8-21(19-9-11-20(12-10-19)24(29)30)26(5)23(28)22(25-4)27-15-13-18(14-16-27)17(2)3/h9,11,17-18,21H,6-8,10,12-16H2,1-5H3,(H,29,30)/t21-/m1/s1. The van der Waals surface area contributed by atoms with Crippen LogP contribution in [0.2, 0.25) is 0 Å². The molecule has 6 heteroatoms. The summed E-state index contributed by atoms with van der Waals surface area (Å²) in [5.74, 6) is 1.06. The van der Waals surface area contributed by atoms with Gasteiger partial charge in [0, 0.05) is 32.8 Å². The molecule has 1 aliphatic heterocycles. The van der Waals surface area contributed by atoms with E-state index < -0.39 is 5.97 Å². The first-order valence-electron chi connectivity index (χ1n) is 11.4. The molecule has 1 fully saturated rings. The average molecular weight is 418 g/mol. The third kappa shape index (κ3) is 5.96. The van der Waals surface area contributed by atoms with Crippen molar-refractivity contribution in [1.29, 1.82) is 0 Å². The van der Waals surface area contributed by atoms with E-state index in [0.717, 1.165) is 50.8 Å². The normalized spacial score (nSPS) is 19.4. The minimum absolute atomic E-state index is 0.0194. The summed E-state index contributed by atoms with van der Waals surface area (Å²) in [6, 6.07) is -0.0194. The monoisotopic (exact) mass is 417 g/mol. The van der Waals surface area contributed by atoms with Crippen molar-refractivity contribution in [3.8, 4) is 0 Å². The number of amides is 1. The van der Waals surface area contributed by atoms with Crippen LogP contribution in [0.25, 0.3) is 0 Å². The molecular formula is C24H39N3O3. The summed E-state index contributed by atoms with van der Waals surface area (Å²) in [5, 5.41) is 9.22. The fraction of sp³-hybridized carbons (Fsp3) is 0.708. The zero-order valence-corrected chi connectivity index (χ0v) is 19.4. The number of rotatable bonds is 7. The molecule has 1 atom stereocenters. The lowest BCUT2D eigenvalue weighted by Gasteiger charge is -2.38. The summed E-state index contributed by atoms with van der Waals surface area (Å²) >= 11 is 0. The summed E-state index contributed by atoms with van der Waals surface area (Å²) in [6.07, 6.45) is 9.96. The predicted molar refractivity (Wildman–Crippen MR) is 122 cm³/mol. The number of likely N-dealkylation sites (tertiary alicyclic amines) is 1. The highest BCUT2D eigenvalue weighted by Crippen LogP contribution is 2.28. The topological polar surface area (TPSA) is 73.2 Å². The van der Waals surface area contributed by atoms with Crippen molar-refractivity contribution in [2.24, 2.45) is 16.8 Å². The Morgan fingerprint density at radius 1 is 1.23 bits per heavy atom. The Hall–Kier alpha value is -2.11. The van der Waals surface area contributed by atoms with Crippen molar-refractivity contribution in [1.82, 2.24) is 9.80 Å². The molecule has 1 saturated heterocycles. The SMILES string of the molecule is CCCC[C@H](C1=CC=C(C(=O)O)CC1)N(C)C(=O)C(=NC)N1CCC(C(C)C)CC1. The van der Waals surface area contributed by atoms with Crippen molar-refractivity contribution >= 4 is 17.7 Å². The van der Waals surface area contributed by atoms with Gasteiger partial charge in [0.05, 0.1) is 6.04 Å². The molecule has 0 saturated carbocycles. The van der Waals surface area contributed by atoms with Gasteiger partial charge in [-0.05, 0) is 49.5 Å². The quantitative estimate of drug-likeness (QED) is 0.499. The largest absolute Gasteiger partial charge is 0.478 e. The molecule has 1 aliphatic carbocycles. The lowest BCUT2D eigenvalue weighted by Crippen LogP contribution is -2.50. The molecule has 1 amide bonds. The summed E-state index contributed by atoms with van der Waals surface area (Å²) in [4.78, 5) is 33.0. The van der Waals surface area contributed by atoms with Gasteiger partial charge in [-0.25, -0.2) is 4.79 Å². The van der Waals surface area contributed by atoms with Gasteiger partial charge in [0.15, 0.2) is 5.84 Å². The van der Waals surface area contributed by atoms with E-state index in [4.69, 9.17) is 0 Å². The molecule has 0 aromatic rings. The lowest BCUT2D eigenvalue weighted by atomic mass is 9.86. The number of hydrogen-bond acceptors (Lipinski definition) is 3. The number of aliphatic imine (C=N–C) groups is 1. The predicted octanol–water partition coefficient (Wildman–Crippen LogP) is 4.13. The fourth-order valence-corrected chi connectivity index (χ4v) is 4.58. The van der Waals surface area contributed by atoms with Gasteiger partial charge in [-0.15, -0.1) is 0 Å². The number of aliphatic carboxylic acids is 1. The molecule has 6 nitrogen and oxygen atoms in total. The van der Waals surface area contributed by atoms with E-state index >= 15 is 0 Å². The van der Waals surface area contributed by atoms with E-state index in [2.05, 4.69) is 30.7 Å². The van der Waals surface area contributed by atoms with E-state index in [-0.39, 0.29) is 11.9 Å². The van der Waals surface area contributed by atoms with Crippen LogP contribution in [0, 0.1) is 11.8 Å². The van der Waals surface area contributed by atoms with Gasteiger partial charge in [-0.1, -0.05) is 45.8 Å². The first-order chi connectivity index (χ1) is 14.3. The third-order valence-corrected chi connectivity index (χ3v) is 6.69. The number of unbranched alkanes of at least 4 members (excludes halogenated alkanes) is 1. The maximum Gasteiger partial charge on any atom is 0.331 e. The van der Waals surface area contributed by atoms with Crippen LogP contribution in [0.1, 0.15) is 65.7 Å². The Labute approximate surface area is 181 Å². The van der Waals surface area contributed by atoms with Gasteiger partial charge in [-0.3, -0.25) is 9.79 Å². The molecule has 0 unspecified atom stereocenters. The maximum absolute atomic E-state index is 13.4. The maximum atomic E-state index is 13.4. The van der Waals surface area contributed by atoms with Crippen LogP contribution in [0.4, 0.5) is 0 Å². The first kappa shape index (κ1) is 24.2. The molecule has 0 spiro atoms. The van der Waals surface area contributed by atoms with Crippen LogP contribution >= 0.6 is 0 Å². The van der Waals surface area contributed by atoms with Crippen molar-refractivity contribution in [2.75, 3.05) is 27.2 Å². The summed E-state index contributed by atoms with van der Waals surface area (Å²) in [5.41, 5.74) is 1.57. The minimum Gasteiger partial charge on any atom is -0.478 e. The molecule has 0 radical (unpaired) electrons. The van der Waals surface area contributed by atoms with Crippen molar-refractivity contribution < 1.29 is 14.7 Å². The van der Waals surface area contributed by atoms with Crippen LogP contribution in [0.15, 0.2) is 28.3 Å². The molecule has 0 aromatic carbocycles. The van der Waals surface area contributed by atoms with Crippen molar-refractivity contribution in [2.45, 2.75) is 71.8 Å². The number of carboxylic acid groups (broad SMARTS) is 1. The second-order valence-electron chi connectivity index (χ2n) is 8.93. The molecule has 2 rings (SSSR count). The number of allylic oxidation sites excluding steroid dienone is 2. The fourth-order valence-electron chi connectivity index (χ4n) is 4.58. The minimum atomic E-state index is -0.856. The summed E-state index contributed by atoms with van der Waals surface area (Å²) in [6.45, 7) is 8.45. The van der Waals surface area contributed by atoms with Gasteiger partial charge in [0.25, 0.3) is 5.91 Å².